The fourth-order valence-electron chi connectivity index (χ4n) is 1.92. The number of nitrogens with one attached hydrogen (secondary N) is 1. The Morgan fingerprint density at radius 3 is 2.32 bits per heavy atom. The van der Waals surface area contributed by atoms with E-state index in [0.717, 1.165) is 18.8 Å². The van der Waals surface area contributed by atoms with E-state index in [1.165, 1.54) is 11.1 Å². The third-order valence-corrected chi connectivity index (χ3v) is 3.19. The topological polar surface area (TPSA) is 24.9 Å². The summed E-state index contributed by atoms with van der Waals surface area (Å²) in [7, 11) is 0. The van der Waals surface area contributed by atoms with Crippen molar-refractivity contribution >= 4 is 5.82 Å². The number of hydrogen-bond donors (Lipinski definition) is 1. The fraction of sp³-hybridized carbons (Fsp3) is 0.353. The van der Waals surface area contributed by atoms with Crippen LogP contribution in [0.5, 0.6) is 0 Å². The molecule has 0 saturated carbocycles. The third kappa shape index (κ3) is 4.09. The molecule has 0 atom stereocenters. The second-order valence-electron chi connectivity index (χ2n) is 5.84. The van der Waals surface area contributed by atoms with Crippen molar-refractivity contribution in [3.05, 3.63) is 59.8 Å². The lowest BCUT2D eigenvalue weighted by Crippen LogP contribution is -2.12. The van der Waals surface area contributed by atoms with Gasteiger partial charge in [-0.1, -0.05) is 57.2 Å². The average molecular weight is 254 g/mol. The van der Waals surface area contributed by atoms with Gasteiger partial charge in [-0.05, 0) is 29.0 Å². The molecule has 2 rings (SSSR count). The second-order valence-corrected chi connectivity index (χ2v) is 5.84. The van der Waals surface area contributed by atoms with Gasteiger partial charge in [0.1, 0.15) is 5.82 Å². The first kappa shape index (κ1) is 13.6. The van der Waals surface area contributed by atoms with Gasteiger partial charge < -0.3 is 5.32 Å². The van der Waals surface area contributed by atoms with E-state index in [1.807, 2.05) is 12.3 Å². The lowest BCUT2D eigenvalue weighted by Gasteiger charge is -2.18. The smallest absolute Gasteiger partial charge is 0.125 e. The highest BCUT2D eigenvalue weighted by molar-refractivity contribution is 5.37. The maximum absolute atomic E-state index is 4.47. The molecule has 1 heterocycles. The maximum atomic E-state index is 4.47. The number of aromatic nitrogens is 1. The Kier molecular flexibility index (Phi) is 4.20. The van der Waals surface area contributed by atoms with E-state index >= 15 is 0 Å². The van der Waals surface area contributed by atoms with E-state index in [1.54, 1.807) is 0 Å². The van der Waals surface area contributed by atoms with Crippen LogP contribution >= 0.6 is 0 Å². The Morgan fingerprint density at radius 1 is 1.00 bits per heavy atom. The van der Waals surface area contributed by atoms with Gasteiger partial charge in [0.2, 0.25) is 0 Å². The van der Waals surface area contributed by atoms with Crippen LogP contribution in [0.1, 0.15) is 31.9 Å². The standard InChI is InChI=1S/C17H22N2/c1-17(2,3)15-9-10-16(19-13-15)18-12-11-14-7-5-4-6-8-14/h4-10,13H,11-12H2,1-3H3,(H,18,19). The Hall–Kier alpha value is -1.83. The number of anilines is 1. The van der Waals surface area contributed by atoms with Gasteiger partial charge >= 0.3 is 0 Å². The first-order valence-corrected chi connectivity index (χ1v) is 6.80. The van der Waals surface area contributed by atoms with Crippen LogP contribution in [0, 0.1) is 0 Å². The van der Waals surface area contributed by atoms with Gasteiger partial charge in [0.15, 0.2) is 0 Å². The molecule has 1 N–H and O–H groups in total. The molecule has 0 saturated heterocycles. The van der Waals surface area contributed by atoms with Crippen molar-refractivity contribution in [3.63, 3.8) is 0 Å². The van der Waals surface area contributed by atoms with Crippen molar-refractivity contribution in [3.8, 4) is 0 Å². The minimum atomic E-state index is 0.162. The number of rotatable bonds is 4. The van der Waals surface area contributed by atoms with E-state index in [0.29, 0.717) is 0 Å². The highest BCUT2D eigenvalue weighted by Crippen LogP contribution is 2.21. The van der Waals surface area contributed by atoms with E-state index in [-0.39, 0.29) is 5.41 Å². The molecule has 0 amide bonds. The first-order chi connectivity index (χ1) is 9.05. The van der Waals surface area contributed by atoms with E-state index in [2.05, 4.69) is 67.5 Å². The zero-order valence-corrected chi connectivity index (χ0v) is 12.0. The summed E-state index contributed by atoms with van der Waals surface area (Å²) in [6.07, 6.45) is 2.98. The van der Waals surface area contributed by atoms with Gasteiger partial charge in [-0.3, -0.25) is 0 Å². The normalized spacial score (nSPS) is 11.3. The SMILES string of the molecule is CC(C)(C)c1ccc(NCCc2ccccc2)nc1. The van der Waals surface area contributed by atoms with Gasteiger partial charge in [-0.25, -0.2) is 4.98 Å². The molecule has 1 aromatic carbocycles. The van der Waals surface area contributed by atoms with Gasteiger partial charge in [0.05, 0.1) is 0 Å². The van der Waals surface area contributed by atoms with Crippen molar-refractivity contribution in [2.75, 3.05) is 11.9 Å². The van der Waals surface area contributed by atoms with Crippen molar-refractivity contribution in [1.82, 2.24) is 4.98 Å². The van der Waals surface area contributed by atoms with Crippen molar-refractivity contribution in [1.29, 1.82) is 0 Å². The average Bonchev–Trinajstić information content (AvgIpc) is 2.39. The molecule has 0 unspecified atom stereocenters. The molecule has 0 aliphatic rings. The van der Waals surface area contributed by atoms with Gasteiger partial charge in [-0.15, -0.1) is 0 Å². The van der Waals surface area contributed by atoms with E-state index in [9.17, 15) is 0 Å². The van der Waals surface area contributed by atoms with Crippen LogP contribution in [-0.2, 0) is 11.8 Å². The molecule has 0 radical (unpaired) electrons. The molecule has 2 aromatic rings. The van der Waals surface area contributed by atoms with Gasteiger partial charge in [0, 0.05) is 12.7 Å². The van der Waals surface area contributed by atoms with Crippen molar-refractivity contribution < 1.29 is 0 Å². The predicted molar refractivity (Wildman–Crippen MR) is 81.6 cm³/mol. The first-order valence-electron chi connectivity index (χ1n) is 6.80. The van der Waals surface area contributed by atoms with Crippen LogP contribution in [0.2, 0.25) is 0 Å². The minimum Gasteiger partial charge on any atom is -0.370 e. The molecule has 0 aliphatic heterocycles. The molecular formula is C17H22N2. The lowest BCUT2D eigenvalue weighted by atomic mass is 9.88. The monoisotopic (exact) mass is 254 g/mol. The molecule has 19 heavy (non-hydrogen) atoms. The molecule has 0 spiro atoms. The van der Waals surface area contributed by atoms with Crippen molar-refractivity contribution in [2.24, 2.45) is 0 Å². The summed E-state index contributed by atoms with van der Waals surface area (Å²) in [5.74, 6) is 0.948. The van der Waals surface area contributed by atoms with Crippen LogP contribution in [0.4, 0.5) is 5.82 Å². The summed E-state index contributed by atoms with van der Waals surface area (Å²) in [6.45, 7) is 7.51. The maximum Gasteiger partial charge on any atom is 0.125 e. The summed E-state index contributed by atoms with van der Waals surface area (Å²) in [5, 5.41) is 3.36. The molecule has 2 nitrogen and oxygen atoms in total. The quantitative estimate of drug-likeness (QED) is 0.891. The zero-order valence-electron chi connectivity index (χ0n) is 12.0. The second kappa shape index (κ2) is 5.87. The Balaban J connectivity index is 1.87. The van der Waals surface area contributed by atoms with E-state index < -0.39 is 0 Å². The van der Waals surface area contributed by atoms with Crippen LogP contribution < -0.4 is 5.32 Å². The summed E-state index contributed by atoms with van der Waals surface area (Å²) < 4.78 is 0. The molecule has 2 heteroatoms. The Bertz CT molecular complexity index is 495. The summed E-state index contributed by atoms with van der Waals surface area (Å²) >= 11 is 0. The molecular weight excluding hydrogens is 232 g/mol. The Labute approximate surface area is 115 Å². The van der Waals surface area contributed by atoms with Crippen LogP contribution in [-0.4, -0.2) is 11.5 Å². The fourth-order valence-corrected chi connectivity index (χ4v) is 1.92. The minimum absolute atomic E-state index is 0.162. The third-order valence-electron chi connectivity index (χ3n) is 3.19. The Morgan fingerprint density at radius 2 is 1.74 bits per heavy atom. The predicted octanol–water partition coefficient (Wildman–Crippen LogP) is 4.03. The van der Waals surface area contributed by atoms with Crippen LogP contribution in [0.25, 0.3) is 0 Å². The van der Waals surface area contributed by atoms with Gasteiger partial charge in [0.25, 0.3) is 0 Å². The molecule has 0 aliphatic carbocycles. The summed E-state index contributed by atoms with van der Waals surface area (Å²) in [4.78, 5) is 4.47. The highest BCUT2D eigenvalue weighted by Gasteiger charge is 2.13. The molecule has 0 bridgehead atoms. The zero-order chi connectivity index (χ0) is 13.7. The lowest BCUT2D eigenvalue weighted by molar-refractivity contribution is 0.587. The molecule has 0 fully saturated rings. The highest BCUT2D eigenvalue weighted by atomic mass is 15.0. The van der Waals surface area contributed by atoms with Crippen molar-refractivity contribution in [2.45, 2.75) is 32.6 Å². The number of pyridine rings is 1. The molecule has 1 aromatic heterocycles. The number of hydrogen-bond acceptors (Lipinski definition) is 2. The summed E-state index contributed by atoms with van der Waals surface area (Å²) in [6, 6.07) is 14.7. The van der Waals surface area contributed by atoms with E-state index in [4.69, 9.17) is 0 Å². The molecule has 100 valence electrons. The van der Waals surface area contributed by atoms with Crippen LogP contribution in [0.15, 0.2) is 48.7 Å². The van der Waals surface area contributed by atoms with Crippen LogP contribution in [0.3, 0.4) is 0 Å². The largest absolute Gasteiger partial charge is 0.370 e. The number of benzene rings is 1. The van der Waals surface area contributed by atoms with Gasteiger partial charge in [-0.2, -0.15) is 0 Å². The number of nitrogens with zero attached hydrogens (tertiary/aromatic N) is 1. The summed E-state index contributed by atoms with van der Waals surface area (Å²) in [5.41, 5.74) is 2.78.